The lowest BCUT2D eigenvalue weighted by Gasteiger charge is -2.33. The Morgan fingerprint density at radius 3 is 2.64 bits per heavy atom. The number of aryl methyl sites for hydroxylation is 1. The second-order valence-electron chi connectivity index (χ2n) is 4.01. The molecule has 1 unspecified atom stereocenters. The molecule has 14 heavy (non-hydrogen) atoms. The highest BCUT2D eigenvalue weighted by molar-refractivity contribution is 5.11. The molecule has 3 heteroatoms. The van der Waals surface area contributed by atoms with Crippen LogP contribution in [0.5, 0.6) is 0 Å². The fraction of sp³-hybridized carbons (Fsp3) is 0.636. The number of hydrogen-bond acceptors (Lipinski definition) is 2. The van der Waals surface area contributed by atoms with E-state index in [0.717, 1.165) is 26.2 Å². The molecule has 0 bridgehead atoms. The maximum Gasteiger partial charge on any atom is 0.0473 e. The molecule has 1 atom stereocenters. The van der Waals surface area contributed by atoms with Crippen LogP contribution in [-0.4, -0.2) is 35.6 Å². The molecule has 0 spiro atoms. The number of hydrogen-bond donors (Lipinski definition) is 1. The van der Waals surface area contributed by atoms with E-state index in [2.05, 4.69) is 47.1 Å². The van der Waals surface area contributed by atoms with Crippen LogP contribution in [0.1, 0.15) is 18.7 Å². The minimum atomic E-state index is 0.539. The van der Waals surface area contributed by atoms with Crippen molar-refractivity contribution >= 4 is 0 Å². The normalized spacial score (nSPS) is 21.0. The van der Waals surface area contributed by atoms with Crippen LogP contribution in [0.15, 0.2) is 18.3 Å². The average molecular weight is 193 g/mol. The number of nitrogens with zero attached hydrogens (tertiary/aromatic N) is 2. The first kappa shape index (κ1) is 9.74. The first-order valence-corrected chi connectivity index (χ1v) is 5.35. The SMILES string of the molecule is CC(c1cccn1C)N1CCNCC1. The van der Waals surface area contributed by atoms with Crippen LogP contribution in [0.3, 0.4) is 0 Å². The zero-order valence-corrected chi connectivity index (χ0v) is 9.03. The quantitative estimate of drug-likeness (QED) is 0.756. The summed E-state index contributed by atoms with van der Waals surface area (Å²) in [6.45, 7) is 6.85. The molecule has 2 rings (SSSR count). The van der Waals surface area contributed by atoms with E-state index < -0.39 is 0 Å². The molecular weight excluding hydrogens is 174 g/mol. The molecule has 0 amide bonds. The molecule has 1 saturated heterocycles. The van der Waals surface area contributed by atoms with Gasteiger partial charge in [0.2, 0.25) is 0 Å². The van der Waals surface area contributed by atoms with Gasteiger partial charge in [-0.1, -0.05) is 0 Å². The highest BCUT2D eigenvalue weighted by atomic mass is 15.2. The Labute approximate surface area is 85.7 Å². The number of rotatable bonds is 2. The Morgan fingerprint density at radius 2 is 2.07 bits per heavy atom. The van der Waals surface area contributed by atoms with Crippen LogP contribution in [-0.2, 0) is 7.05 Å². The summed E-state index contributed by atoms with van der Waals surface area (Å²) in [4.78, 5) is 2.53. The van der Waals surface area contributed by atoms with E-state index in [0.29, 0.717) is 6.04 Å². The predicted molar refractivity (Wildman–Crippen MR) is 58.3 cm³/mol. The zero-order valence-electron chi connectivity index (χ0n) is 9.03. The van der Waals surface area contributed by atoms with E-state index in [9.17, 15) is 0 Å². The summed E-state index contributed by atoms with van der Waals surface area (Å²) >= 11 is 0. The summed E-state index contributed by atoms with van der Waals surface area (Å²) in [5.74, 6) is 0. The minimum absolute atomic E-state index is 0.539. The predicted octanol–water partition coefficient (Wildman–Crippen LogP) is 0.991. The van der Waals surface area contributed by atoms with Crippen LogP contribution in [0, 0.1) is 0 Å². The lowest BCUT2D eigenvalue weighted by atomic mass is 10.2. The van der Waals surface area contributed by atoms with E-state index >= 15 is 0 Å². The molecule has 1 aliphatic heterocycles. The van der Waals surface area contributed by atoms with Gasteiger partial charge in [-0.05, 0) is 19.1 Å². The molecule has 0 aromatic carbocycles. The summed E-state index contributed by atoms with van der Waals surface area (Å²) in [6.07, 6.45) is 2.12. The van der Waals surface area contributed by atoms with Gasteiger partial charge in [0.1, 0.15) is 0 Å². The first-order valence-electron chi connectivity index (χ1n) is 5.35. The highest BCUT2D eigenvalue weighted by Gasteiger charge is 2.18. The fourth-order valence-electron chi connectivity index (χ4n) is 2.16. The third kappa shape index (κ3) is 1.83. The Bertz CT molecular complexity index is 286. The Balaban J connectivity index is 2.07. The number of aromatic nitrogens is 1. The van der Waals surface area contributed by atoms with Crippen LogP contribution in [0.2, 0.25) is 0 Å². The van der Waals surface area contributed by atoms with Crippen molar-refractivity contribution < 1.29 is 0 Å². The lowest BCUT2D eigenvalue weighted by molar-refractivity contribution is 0.180. The van der Waals surface area contributed by atoms with Crippen molar-refractivity contribution in [2.24, 2.45) is 7.05 Å². The van der Waals surface area contributed by atoms with E-state index in [4.69, 9.17) is 0 Å². The third-order valence-electron chi connectivity index (χ3n) is 3.11. The van der Waals surface area contributed by atoms with E-state index in [1.54, 1.807) is 0 Å². The van der Waals surface area contributed by atoms with Crippen molar-refractivity contribution in [3.8, 4) is 0 Å². The van der Waals surface area contributed by atoms with Crippen LogP contribution >= 0.6 is 0 Å². The van der Waals surface area contributed by atoms with Gasteiger partial charge in [-0.3, -0.25) is 4.90 Å². The smallest absolute Gasteiger partial charge is 0.0473 e. The second kappa shape index (κ2) is 4.15. The van der Waals surface area contributed by atoms with Crippen LogP contribution < -0.4 is 5.32 Å². The molecule has 0 aliphatic carbocycles. The third-order valence-corrected chi connectivity index (χ3v) is 3.11. The van der Waals surface area contributed by atoms with Gasteiger partial charge in [0.05, 0.1) is 0 Å². The van der Waals surface area contributed by atoms with E-state index in [-0.39, 0.29) is 0 Å². The molecule has 0 radical (unpaired) electrons. The number of piperazine rings is 1. The van der Waals surface area contributed by atoms with Crippen molar-refractivity contribution in [3.63, 3.8) is 0 Å². The number of nitrogens with one attached hydrogen (secondary N) is 1. The summed E-state index contributed by atoms with van der Waals surface area (Å²) < 4.78 is 2.21. The summed E-state index contributed by atoms with van der Waals surface area (Å²) in [7, 11) is 2.12. The summed E-state index contributed by atoms with van der Waals surface area (Å²) in [6, 6.07) is 4.87. The van der Waals surface area contributed by atoms with Crippen LogP contribution in [0.25, 0.3) is 0 Å². The first-order chi connectivity index (χ1) is 6.79. The standard InChI is InChI=1S/C11H19N3/c1-10(11-4-3-7-13(11)2)14-8-5-12-6-9-14/h3-4,7,10,12H,5-6,8-9H2,1-2H3. The minimum Gasteiger partial charge on any atom is -0.353 e. The monoisotopic (exact) mass is 193 g/mol. The van der Waals surface area contributed by atoms with E-state index in [1.807, 2.05) is 0 Å². The van der Waals surface area contributed by atoms with Crippen molar-refractivity contribution in [2.75, 3.05) is 26.2 Å². The van der Waals surface area contributed by atoms with Gasteiger partial charge < -0.3 is 9.88 Å². The Morgan fingerprint density at radius 1 is 1.36 bits per heavy atom. The average Bonchev–Trinajstić information content (AvgIpc) is 2.65. The van der Waals surface area contributed by atoms with Crippen molar-refractivity contribution in [1.29, 1.82) is 0 Å². The Hall–Kier alpha value is -0.800. The molecule has 3 nitrogen and oxygen atoms in total. The molecule has 78 valence electrons. The second-order valence-corrected chi connectivity index (χ2v) is 4.01. The Kier molecular flexibility index (Phi) is 2.89. The lowest BCUT2D eigenvalue weighted by Crippen LogP contribution is -2.44. The maximum atomic E-state index is 3.38. The van der Waals surface area contributed by atoms with Crippen molar-refractivity contribution in [1.82, 2.24) is 14.8 Å². The van der Waals surface area contributed by atoms with Crippen molar-refractivity contribution in [3.05, 3.63) is 24.0 Å². The summed E-state index contributed by atoms with van der Waals surface area (Å²) in [5, 5.41) is 3.38. The molecule has 1 N–H and O–H groups in total. The highest BCUT2D eigenvalue weighted by Crippen LogP contribution is 2.19. The van der Waals surface area contributed by atoms with Gasteiger partial charge in [0.15, 0.2) is 0 Å². The van der Waals surface area contributed by atoms with E-state index in [1.165, 1.54) is 5.69 Å². The molecule has 1 fully saturated rings. The molecule has 1 aromatic heterocycles. The molecule has 0 saturated carbocycles. The molecule has 2 heterocycles. The zero-order chi connectivity index (χ0) is 9.97. The van der Waals surface area contributed by atoms with Gasteiger partial charge in [-0.2, -0.15) is 0 Å². The maximum absolute atomic E-state index is 3.38. The van der Waals surface area contributed by atoms with Gasteiger partial charge >= 0.3 is 0 Å². The topological polar surface area (TPSA) is 20.2 Å². The van der Waals surface area contributed by atoms with Gasteiger partial charge in [0.25, 0.3) is 0 Å². The van der Waals surface area contributed by atoms with Gasteiger partial charge in [-0.25, -0.2) is 0 Å². The molecular formula is C11H19N3. The van der Waals surface area contributed by atoms with Crippen LogP contribution in [0.4, 0.5) is 0 Å². The molecule has 1 aliphatic rings. The van der Waals surface area contributed by atoms with Crippen molar-refractivity contribution in [2.45, 2.75) is 13.0 Å². The molecule has 1 aromatic rings. The van der Waals surface area contributed by atoms with Gasteiger partial charge in [0, 0.05) is 51.2 Å². The fourth-order valence-corrected chi connectivity index (χ4v) is 2.16. The largest absolute Gasteiger partial charge is 0.353 e. The summed E-state index contributed by atoms with van der Waals surface area (Å²) in [5.41, 5.74) is 1.41. The van der Waals surface area contributed by atoms with Gasteiger partial charge in [-0.15, -0.1) is 0 Å².